The fraction of sp³-hybridized carbons (Fsp3) is 0.545. The van der Waals surface area contributed by atoms with E-state index in [2.05, 4.69) is 27.3 Å². The average Bonchev–Trinajstić information content (AvgIpc) is 2.33. The van der Waals surface area contributed by atoms with Crippen LogP contribution >= 0.6 is 0 Å². The second-order valence-electron chi connectivity index (χ2n) is 4.12. The van der Waals surface area contributed by atoms with E-state index in [0.717, 1.165) is 31.9 Å². The SMILES string of the molecule is CONc1cnc(F)cc1N1CCN(C)CC1. The van der Waals surface area contributed by atoms with Crippen molar-refractivity contribution < 1.29 is 9.23 Å². The zero-order valence-corrected chi connectivity index (χ0v) is 10.1. The number of likely N-dealkylation sites (N-methyl/N-ethyl adjacent to an activating group) is 1. The second-order valence-corrected chi connectivity index (χ2v) is 4.12. The van der Waals surface area contributed by atoms with Gasteiger partial charge in [-0.1, -0.05) is 0 Å². The standard InChI is InChI=1S/C11H17FN4O/c1-15-3-5-16(6-4-15)10-7-11(12)13-8-9(10)14-17-2/h7-8,14H,3-6H2,1-2H3. The molecule has 0 unspecified atom stereocenters. The Bertz CT molecular complexity index is 380. The summed E-state index contributed by atoms with van der Waals surface area (Å²) in [5, 5.41) is 0. The summed E-state index contributed by atoms with van der Waals surface area (Å²) in [7, 11) is 3.61. The van der Waals surface area contributed by atoms with Gasteiger partial charge in [0, 0.05) is 32.2 Å². The third-order valence-corrected chi connectivity index (χ3v) is 2.90. The minimum absolute atomic E-state index is 0.472. The number of piperazine rings is 1. The molecule has 1 aliphatic rings. The first-order chi connectivity index (χ1) is 8.20. The highest BCUT2D eigenvalue weighted by Gasteiger charge is 2.18. The molecule has 0 spiro atoms. The lowest BCUT2D eigenvalue weighted by Gasteiger charge is -2.34. The van der Waals surface area contributed by atoms with E-state index in [9.17, 15) is 4.39 Å². The third-order valence-electron chi connectivity index (χ3n) is 2.90. The molecular weight excluding hydrogens is 223 g/mol. The van der Waals surface area contributed by atoms with Crippen LogP contribution in [0.2, 0.25) is 0 Å². The molecule has 1 aromatic heterocycles. The van der Waals surface area contributed by atoms with Gasteiger partial charge in [-0.15, -0.1) is 0 Å². The van der Waals surface area contributed by atoms with Crippen molar-refractivity contribution in [2.24, 2.45) is 0 Å². The largest absolute Gasteiger partial charge is 0.367 e. The Morgan fingerprint density at radius 2 is 2.06 bits per heavy atom. The molecule has 0 atom stereocenters. The van der Waals surface area contributed by atoms with E-state index in [0.29, 0.717) is 5.69 Å². The number of rotatable bonds is 3. The van der Waals surface area contributed by atoms with Crippen molar-refractivity contribution in [3.63, 3.8) is 0 Å². The maximum atomic E-state index is 13.2. The smallest absolute Gasteiger partial charge is 0.215 e. The maximum absolute atomic E-state index is 13.2. The van der Waals surface area contributed by atoms with Gasteiger partial charge in [-0.3, -0.25) is 10.3 Å². The zero-order chi connectivity index (χ0) is 12.3. The van der Waals surface area contributed by atoms with Crippen molar-refractivity contribution in [2.45, 2.75) is 0 Å². The zero-order valence-electron chi connectivity index (χ0n) is 10.1. The van der Waals surface area contributed by atoms with Crippen LogP contribution in [0.15, 0.2) is 12.3 Å². The average molecular weight is 240 g/mol. The highest BCUT2D eigenvalue weighted by atomic mass is 19.1. The monoisotopic (exact) mass is 240 g/mol. The maximum Gasteiger partial charge on any atom is 0.215 e. The third kappa shape index (κ3) is 2.83. The molecule has 2 rings (SSSR count). The minimum Gasteiger partial charge on any atom is -0.367 e. The van der Waals surface area contributed by atoms with Gasteiger partial charge in [0.25, 0.3) is 0 Å². The van der Waals surface area contributed by atoms with E-state index < -0.39 is 5.95 Å². The molecule has 0 amide bonds. The van der Waals surface area contributed by atoms with Crippen molar-refractivity contribution in [1.29, 1.82) is 0 Å². The number of hydrogen-bond acceptors (Lipinski definition) is 5. The first kappa shape index (κ1) is 12.1. The van der Waals surface area contributed by atoms with E-state index in [1.807, 2.05) is 0 Å². The van der Waals surface area contributed by atoms with E-state index >= 15 is 0 Å². The highest BCUT2D eigenvalue weighted by Crippen LogP contribution is 2.26. The van der Waals surface area contributed by atoms with Crippen molar-refractivity contribution in [1.82, 2.24) is 9.88 Å². The van der Waals surface area contributed by atoms with Crippen molar-refractivity contribution in [3.05, 3.63) is 18.2 Å². The summed E-state index contributed by atoms with van der Waals surface area (Å²) in [6, 6.07) is 1.44. The van der Waals surface area contributed by atoms with Crippen LogP contribution in [0.3, 0.4) is 0 Å². The molecule has 6 heteroatoms. The molecule has 0 aliphatic carbocycles. The fourth-order valence-electron chi connectivity index (χ4n) is 1.92. The van der Waals surface area contributed by atoms with Crippen LogP contribution in [-0.2, 0) is 4.84 Å². The number of aromatic nitrogens is 1. The summed E-state index contributed by atoms with van der Waals surface area (Å²) in [6.07, 6.45) is 1.45. The van der Waals surface area contributed by atoms with Gasteiger partial charge >= 0.3 is 0 Å². The normalized spacial score (nSPS) is 17.2. The number of halogens is 1. The van der Waals surface area contributed by atoms with Gasteiger partial charge in [-0.25, -0.2) is 4.98 Å². The van der Waals surface area contributed by atoms with Crippen molar-refractivity contribution >= 4 is 11.4 Å². The summed E-state index contributed by atoms with van der Waals surface area (Å²) < 4.78 is 13.2. The Balaban J connectivity index is 2.20. The van der Waals surface area contributed by atoms with Crippen LogP contribution in [0.1, 0.15) is 0 Å². The van der Waals surface area contributed by atoms with Gasteiger partial charge in [0.1, 0.15) is 5.69 Å². The number of hydrogen-bond donors (Lipinski definition) is 1. The molecule has 1 saturated heterocycles. The Morgan fingerprint density at radius 1 is 1.35 bits per heavy atom. The van der Waals surface area contributed by atoms with Gasteiger partial charge in [0.2, 0.25) is 5.95 Å². The lowest BCUT2D eigenvalue weighted by Crippen LogP contribution is -2.44. The van der Waals surface area contributed by atoms with E-state index in [1.54, 1.807) is 0 Å². The van der Waals surface area contributed by atoms with Crippen LogP contribution in [0.5, 0.6) is 0 Å². The molecule has 2 heterocycles. The molecule has 1 aliphatic heterocycles. The van der Waals surface area contributed by atoms with Crippen molar-refractivity contribution in [3.8, 4) is 0 Å². The lowest BCUT2D eigenvalue weighted by atomic mass is 10.2. The van der Waals surface area contributed by atoms with Gasteiger partial charge < -0.3 is 9.80 Å². The summed E-state index contributed by atoms with van der Waals surface area (Å²) >= 11 is 0. The van der Waals surface area contributed by atoms with Crippen molar-refractivity contribution in [2.75, 3.05) is 50.7 Å². The minimum atomic E-state index is -0.472. The Kier molecular flexibility index (Phi) is 3.75. The van der Waals surface area contributed by atoms with E-state index in [-0.39, 0.29) is 0 Å². The van der Waals surface area contributed by atoms with Crippen LogP contribution in [0.4, 0.5) is 15.8 Å². The molecule has 94 valence electrons. The fourth-order valence-corrected chi connectivity index (χ4v) is 1.92. The molecule has 0 bridgehead atoms. The summed E-state index contributed by atoms with van der Waals surface area (Å²) in [5.41, 5.74) is 4.22. The van der Waals surface area contributed by atoms with Crippen LogP contribution in [0.25, 0.3) is 0 Å². The predicted molar refractivity (Wildman–Crippen MR) is 64.5 cm³/mol. The Labute approximate surface area is 100 Å². The molecule has 5 nitrogen and oxygen atoms in total. The first-order valence-corrected chi connectivity index (χ1v) is 5.58. The van der Waals surface area contributed by atoms with Gasteiger partial charge in [-0.2, -0.15) is 4.39 Å². The molecule has 0 saturated carbocycles. The van der Waals surface area contributed by atoms with Crippen LogP contribution < -0.4 is 10.4 Å². The van der Waals surface area contributed by atoms with Gasteiger partial charge in [-0.05, 0) is 7.05 Å². The molecule has 1 aromatic rings. The van der Waals surface area contributed by atoms with E-state index in [4.69, 9.17) is 4.84 Å². The number of nitrogens with zero attached hydrogens (tertiary/aromatic N) is 3. The second kappa shape index (κ2) is 5.29. The van der Waals surface area contributed by atoms with E-state index in [1.165, 1.54) is 19.4 Å². The summed E-state index contributed by atoms with van der Waals surface area (Å²) in [4.78, 5) is 12.9. The van der Waals surface area contributed by atoms with Gasteiger partial charge in [0.15, 0.2) is 0 Å². The quantitative estimate of drug-likeness (QED) is 0.629. The predicted octanol–water partition coefficient (Wildman–Crippen LogP) is 0.946. The molecular formula is C11H17FN4O. The summed E-state index contributed by atoms with van der Waals surface area (Å²) in [6.45, 7) is 3.68. The van der Waals surface area contributed by atoms with Gasteiger partial charge in [0.05, 0.1) is 19.0 Å². The molecule has 1 fully saturated rings. The number of anilines is 2. The van der Waals surface area contributed by atoms with Crippen LogP contribution in [-0.4, -0.2) is 50.2 Å². The molecule has 1 N–H and O–H groups in total. The van der Waals surface area contributed by atoms with Crippen LogP contribution in [0, 0.1) is 5.95 Å². The Morgan fingerprint density at radius 3 is 2.71 bits per heavy atom. The highest BCUT2D eigenvalue weighted by molar-refractivity contribution is 5.68. The molecule has 0 aromatic carbocycles. The molecule has 17 heavy (non-hydrogen) atoms. The lowest BCUT2D eigenvalue weighted by molar-refractivity contribution is 0.270. The first-order valence-electron chi connectivity index (χ1n) is 5.58. The Hall–Kier alpha value is -1.40. The topological polar surface area (TPSA) is 40.6 Å². The molecule has 0 radical (unpaired) electrons. The summed E-state index contributed by atoms with van der Waals surface area (Å²) in [5.74, 6) is -0.472. The number of nitrogens with one attached hydrogen (secondary N) is 1. The number of pyridine rings is 1.